The van der Waals surface area contributed by atoms with Gasteiger partial charge in [0.1, 0.15) is 0 Å². The number of amides is 1. The molecular weight excluding hydrogens is 258 g/mol. The standard InChI is InChI=1S/C11H15NO7/c1-7(13)17-11(18-8(2)14)5-4-6-12(10(11)16)19-9(3)15/h4-6H2,1-3H3. The molecule has 1 heterocycles. The number of hydroxylamine groups is 2. The number of hydrogen-bond donors (Lipinski definition) is 0. The third kappa shape index (κ3) is 3.67. The number of ether oxygens (including phenoxy) is 2. The number of carbonyl (C=O) groups is 4. The maximum atomic E-state index is 12.1. The zero-order valence-electron chi connectivity index (χ0n) is 10.9. The number of rotatable bonds is 3. The number of nitrogens with zero attached hydrogens (tertiary/aromatic N) is 1. The van der Waals surface area contributed by atoms with Gasteiger partial charge in [-0.15, -0.1) is 0 Å². The highest BCUT2D eigenvalue weighted by atomic mass is 16.8. The molecule has 0 aliphatic carbocycles. The van der Waals surface area contributed by atoms with Crippen molar-refractivity contribution in [3.05, 3.63) is 0 Å². The quantitative estimate of drug-likeness (QED) is 0.523. The molecule has 0 bridgehead atoms. The van der Waals surface area contributed by atoms with Crippen molar-refractivity contribution in [3.63, 3.8) is 0 Å². The van der Waals surface area contributed by atoms with Gasteiger partial charge < -0.3 is 14.3 Å². The zero-order valence-corrected chi connectivity index (χ0v) is 10.9. The molecule has 0 atom stereocenters. The van der Waals surface area contributed by atoms with Crippen molar-refractivity contribution in [2.75, 3.05) is 6.54 Å². The van der Waals surface area contributed by atoms with Gasteiger partial charge in [0.05, 0.1) is 6.54 Å². The van der Waals surface area contributed by atoms with Crippen molar-refractivity contribution in [2.45, 2.75) is 39.4 Å². The van der Waals surface area contributed by atoms with Crippen LogP contribution in [0.1, 0.15) is 33.6 Å². The summed E-state index contributed by atoms with van der Waals surface area (Å²) in [5.74, 6) is -5.20. The minimum atomic E-state index is -2.05. The van der Waals surface area contributed by atoms with Gasteiger partial charge in [-0.1, -0.05) is 0 Å². The van der Waals surface area contributed by atoms with Crippen LogP contribution in [0.5, 0.6) is 0 Å². The van der Waals surface area contributed by atoms with Gasteiger partial charge in [-0.05, 0) is 6.42 Å². The maximum absolute atomic E-state index is 12.1. The van der Waals surface area contributed by atoms with Crippen LogP contribution >= 0.6 is 0 Å². The van der Waals surface area contributed by atoms with Gasteiger partial charge in [-0.3, -0.25) is 19.2 Å². The molecule has 19 heavy (non-hydrogen) atoms. The number of piperidine rings is 1. The Hall–Kier alpha value is -2.12. The lowest BCUT2D eigenvalue weighted by molar-refractivity contribution is -0.260. The fourth-order valence-electron chi connectivity index (χ4n) is 1.77. The maximum Gasteiger partial charge on any atom is 0.341 e. The van der Waals surface area contributed by atoms with E-state index in [1.165, 1.54) is 0 Å². The Bertz CT molecular complexity index is 401. The van der Waals surface area contributed by atoms with E-state index in [2.05, 4.69) is 4.84 Å². The molecule has 0 aromatic carbocycles. The fourth-order valence-corrected chi connectivity index (χ4v) is 1.77. The Balaban J connectivity index is 2.99. The Morgan fingerprint density at radius 2 is 1.58 bits per heavy atom. The molecule has 0 spiro atoms. The van der Waals surface area contributed by atoms with Crippen LogP contribution in [0.25, 0.3) is 0 Å². The van der Waals surface area contributed by atoms with Crippen LogP contribution in [0.15, 0.2) is 0 Å². The molecule has 8 nitrogen and oxygen atoms in total. The van der Waals surface area contributed by atoms with Crippen LogP contribution < -0.4 is 0 Å². The molecule has 1 aliphatic heterocycles. The number of carbonyl (C=O) groups excluding carboxylic acids is 4. The molecule has 1 fully saturated rings. The van der Waals surface area contributed by atoms with E-state index >= 15 is 0 Å². The molecule has 1 amide bonds. The summed E-state index contributed by atoms with van der Waals surface area (Å²) < 4.78 is 9.70. The second-order valence-electron chi connectivity index (χ2n) is 4.03. The summed E-state index contributed by atoms with van der Waals surface area (Å²) in [6.45, 7) is 3.44. The molecule has 1 rings (SSSR count). The van der Waals surface area contributed by atoms with Gasteiger partial charge in [0, 0.05) is 27.2 Å². The van der Waals surface area contributed by atoms with Crippen LogP contribution in [0.3, 0.4) is 0 Å². The summed E-state index contributed by atoms with van der Waals surface area (Å²) in [5, 5.41) is 0.734. The SMILES string of the molecule is CC(=O)ON1CCCC(OC(C)=O)(OC(C)=O)C1=O. The second kappa shape index (κ2) is 5.68. The van der Waals surface area contributed by atoms with E-state index in [1.807, 2.05) is 0 Å². The van der Waals surface area contributed by atoms with Gasteiger partial charge in [0.25, 0.3) is 0 Å². The lowest BCUT2D eigenvalue weighted by Crippen LogP contribution is -2.57. The first-order valence-electron chi connectivity index (χ1n) is 5.66. The van der Waals surface area contributed by atoms with Crippen LogP contribution in [-0.4, -0.2) is 41.2 Å². The third-order valence-electron chi connectivity index (χ3n) is 2.28. The summed E-state index contributed by atoms with van der Waals surface area (Å²) in [6.07, 6.45) is 0.363. The van der Waals surface area contributed by atoms with Crippen LogP contribution in [-0.2, 0) is 33.5 Å². The number of hydrogen-bond acceptors (Lipinski definition) is 7. The minimum absolute atomic E-state index is 0.0166. The molecule has 0 N–H and O–H groups in total. The predicted molar refractivity (Wildman–Crippen MR) is 59.0 cm³/mol. The molecule has 106 valence electrons. The third-order valence-corrected chi connectivity index (χ3v) is 2.28. The molecule has 0 aromatic rings. The Labute approximate surface area is 109 Å². The van der Waals surface area contributed by atoms with E-state index in [-0.39, 0.29) is 13.0 Å². The molecule has 0 aromatic heterocycles. The predicted octanol–water partition coefficient (Wildman–Crippen LogP) is -0.0906. The highest BCUT2D eigenvalue weighted by Crippen LogP contribution is 2.28. The largest absolute Gasteiger partial charge is 0.413 e. The number of esters is 2. The summed E-state index contributed by atoms with van der Waals surface area (Å²) >= 11 is 0. The van der Waals surface area contributed by atoms with E-state index in [9.17, 15) is 19.2 Å². The fraction of sp³-hybridized carbons (Fsp3) is 0.636. The Kier molecular flexibility index (Phi) is 4.47. The van der Waals surface area contributed by atoms with Gasteiger partial charge in [0.15, 0.2) is 0 Å². The van der Waals surface area contributed by atoms with Crippen LogP contribution in [0.4, 0.5) is 0 Å². The summed E-state index contributed by atoms with van der Waals surface area (Å²) in [4.78, 5) is 49.9. The zero-order chi connectivity index (χ0) is 14.6. The normalized spacial score (nSPS) is 17.6. The van der Waals surface area contributed by atoms with Crippen LogP contribution in [0, 0.1) is 0 Å². The molecule has 1 saturated heterocycles. The second-order valence-corrected chi connectivity index (χ2v) is 4.03. The van der Waals surface area contributed by atoms with Crippen molar-refractivity contribution >= 4 is 23.8 Å². The average Bonchev–Trinajstić information content (AvgIpc) is 2.22. The monoisotopic (exact) mass is 273 g/mol. The van der Waals surface area contributed by atoms with E-state index in [0.29, 0.717) is 6.42 Å². The van der Waals surface area contributed by atoms with E-state index in [4.69, 9.17) is 9.47 Å². The lowest BCUT2D eigenvalue weighted by Gasteiger charge is -2.37. The van der Waals surface area contributed by atoms with Crippen molar-refractivity contribution in [1.29, 1.82) is 0 Å². The van der Waals surface area contributed by atoms with Crippen molar-refractivity contribution < 1.29 is 33.5 Å². The smallest absolute Gasteiger partial charge is 0.341 e. The van der Waals surface area contributed by atoms with Gasteiger partial charge in [-0.25, -0.2) is 0 Å². The Morgan fingerprint density at radius 1 is 1.05 bits per heavy atom. The summed E-state index contributed by atoms with van der Waals surface area (Å²) in [7, 11) is 0. The minimum Gasteiger partial charge on any atom is -0.413 e. The highest BCUT2D eigenvalue weighted by molar-refractivity contribution is 5.89. The first kappa shape index (κ1) is 14.9. The van der Waals surface area contributed by atoms with E-state index in [1.54, 1.807) is 0 Å². The van der Waals surface area contributed by atoms with Crippen molar-refractivity contribution in [1.82, 2.24) is 5.06 Å². The summed E-state index contributed by atoms with van der Waals surface area (Å²) in [5.41, 5.74) is 0. The first-order chi connectivity index (χ1) is 8.77. The molecule has 1 aliphatic rings. The first-order valence-corrected chi connectivity index (χ1v) is 5.66. The highest BCUT2D eigenvalue weighted by Gasteiger charge is 2.52. The molecule has 0 saturated carbocycles. The molecular formula is C11H15NO7. The van der Waals surface area contributed by atoms with Crippen LogP contribution in [0.2, 0.25) is 0 Å². The molecule has 0 radical (unpaired) electrons. The van der Waals surface area contributed by atoms with Gasteiger partial charge >= 0.3 is 29.6 Å². The lowest BCUT2D eigenvalue weighted by atomic mass is 10.0. The van der Waals surface area contributed by atoms with E-state index < -0.39 is 29.6 Å². The summed E-state index contributed by atoms with van der Waals surface area (Å²) in [6, 6.07) is 0. The average molecular weight is 273 g/mol. The molecule has 0 unspecified atom stereocenters. The van der Waals surface area contributed by atoms with Gasteiger partial charge in [-0.2, -0.15) is 5.06 Å². The van der Waals surface area contributed by atoms with Crippen molar-refractivity contribution in [2.24, 2.45) is 0 Å². The Morgan fingerprint density at radius 3 is 2.00 bits per heavy atom. The molecule has 8 heteroatoms. The van der Waals surface area contributed by atoms with Crippen molar-refractivity contribution in [3.8, 4) is 0 Å². The van der Waals surface area contributed by atoms with E-state index in [0.717, 1.165) is 25.8 Å². The van der Waals surface area contributed by atoms with Gasteiger partial charge in [0.2, 0.25) is 0 Å². The topological polar surface area (TPSA) is 99.2 Å².